The molecule has 41 heavy (non-hydrogen) atoms. The number of aromatic amines is 1. The summed E-state index contributed by atoms with van der Waals surface area (Å²) in [7, 11) is 0. The Kier molecular flexibility index (Phi) is 8.58. The SMILES string of the molecule is N[C@@H]1C[C@H](N)CN(c2nc(Nc3ccc(NC(=O)c4cc(Cl)c[nH]c4=O)c(Cl)c3)nc(N3C[C@H](N)C[C@H](N)C3)n2)C1. The minimum Gasteiger partial charge on any atom is -0.338 e. The lowest BCUT2D eigenvalue weighted by Gasteiger charge is -2.37. The van der Waals surface area contributed by atoms with Crippen LogP contribution in [0, 0.1) is 0 Å². The van der Waals surface area contributed by atoms with Crippen LogP contribution in [0.1, 0.15) is 23.2 Å². The van der Waals surface area contributed by atoms with Crippen molar-refractivity contribution in [3.8, 4) is 0 Å². The van der Waals surface area contributed by atoms with Gasteiger partial charge in [0.25, 0.3) is 11.5 Å². The Balaban J connectivity index is 1.40. The van der Waals surface area contributed by atoms with Gasteiger partial charge in [0.15, 0.2) is 0 Å². The molecule has 11 N–H and O–H groups in total. The molecular weight excluding hydrogens is 571 g/mol. The summed E-state index contributed by atoms with van der Waals surface area (Å²) in [5.74, 6) is 0.470. The summed E-state index contributed by atoms with van der Waals surface area (Å²) in [6.07, 6.45) is 2.72. The average molecular weight is 604 g/mol. The van der Waals surface area contributed by atoms with Crippen LogP contribution in [0.5, 0.6) is 0 Å². The second-order valence-corrected chi connectivity index (χ2v) is 11.3. The molecule has 3 aromatic rings. The molecule has 1 aromatic carbocycles. The Bertz CT molecular complexity index is 1420. The quantitative estimate of drug-likeness (QED) is 0.206. The van der Waals surface area contributed by atoms with Gasteiger partial charge in [-0.3, -0.25) is 9.59 Å². The van der Waals surface area contributed by atoms with Crippen LogP contribution in [-0.2, 0) is 0 Å². The van der Waals surface area contributed by atoms with Gasteiger partial charge >= 0.3 is 0 Å². The monoisotopic (exact) mass is 602 g/mol. The lowest BCUT2D eigenvalue weighted by atomic mass is 10.0. The number of halogens is 2. The number of hydrogen-bond donors (Lipinski definition) is 7. The van der Waals surface area contributed by atoms with Crippen molar-refractivity contribution >= 4 is 58.3 Å². The van der Waals surface area contributed by atoms with Crippen molar-refractivity contribution in [2.24, 2.45) is 22.9 Å². The van der Waals surface area contributed by atoms with E-state index in [1.807, 2.05) is 9.80 Å². The maximum atomic E-state index is 12.6. The molecule has 218 valence electrons. The Hall–Kier alpha value is -3.53. The van der Waals surface area contributed by atoms with Gasteiger partial charge in [-0.1, -0.05) is 23.2 Å². The first-order valence-corrected chi connectivity index (χ1v) is 13.8. The molecule has 0 aliphatic carbocycles. The van der Waals surface area contributed by atoms with Crippen LogP contribution < -0.4 is 48.9 Å². The van der Waals surface area contributed by atoms with E-state index in [0.717, 1.165) is 0 Å². The highest BCUT2D eigenvalue weighted by atomic mass is 35.5. The zero-order chi connectivity index (χ0) is 29.3. The minimum absolute atomic E-state index is 0.115. The number of amides is 1. The molecule has 2 saturated heterocycles. The maximum Gasteiger partial charge on any atom is 0.261 e. The summed E-state index contributed by atoms with van der Waals surface area (Å²) in [5, 5.41) is 6.23. The number of carbonyl (C=O) groups excluding carboxylic acids is 1. The van der Waals surface area contributed by atoms with Crippen LogP contribution >= 0.6 is 23.2 Å². The summed E-state index contributed by atoms with van der Waals surface area (Å²) in [4.78, 5) is 45.0. The van der Waals surface area contributed by atoms with Gasteiger partial charge in [0, 0.05) is 62.2 Å². The Morgan fingerprint density at radius 1 is 0.878 bits per heavy atom. The van der Waals surface area contributed by atoms with E-state index >= 15 is 0 Å². The molecule has 0 bridgehead atoms. The van der Waals surface area contributed by atoms with Crippen LogP contribution in [0.25, 0.3) is 0 Å². The second-order valence-electron chi connectivity index (χ2n) is 10.4. The van der Waals surface area contributed by atoms with Gasteiger partial charge in [-0.25, -0.2) is 0 Å². The van der Waals surface area contributed by atoms with Crippen LogP contribution in [0.4, 0.5) is 29.2 Å². The molecule has 2 aliphatic rings. The highest BCUT2D eigenvalue weighted by Gasteiger charge is 2.29. The number of benzene rings is 1. The molecular formula is C25H32Cl2N12O2. The normalized spacial score (nSPS) is 22.9. The first-order valence-electron chi connectivity index (χ1n) is 13.1. The number of rotatable bonds is 6. The zero-order valence-corrected chi connectivity index (χ0v) is 23.6. The molecule has 2 fully saturated rings. The molecule has 4 atom stereocenters. The molecule has 4 heterocycles. The third-order valence-electron chi connectivity index (χ3n) is 6.79. The van der Waals surface area contributed by atoms with Crippen LogP contribution in [0.2, 0.25) is 10.0 Å². The van der Waals surface area contributed by atoms with E-state index in [1.54, 1.807) is 18.2 Å². The predicted molar refractivity (Wildman–Crippen MR) is 160 cm³/mol. The lowest BCUT2D eigenvalue weighted by molar-refractivity contribution is 0.102. The van der Waals surface area contributed by atoms with Gasteiger partial charge in [0.2, 0.25) is 17.8 Å². The third-order valence-corrected chi connectivity index (χ3v) is 7.33. The van der Waals surface area contributed by atoms with Crippen molar-refractivity contribution in [3.05, 3.63) is 56.4 Å². The first-order chi connectivity index (χ1) is 19.5. The molecule has 16 heteroatoms. The van der Waals surface area contributed by atoms with E-state index in [0.29, 0.717) is 62.3 Å². The molecule has 14 nitrogen and oxygen atoms in total. The summed E-state index contributed by atoms with van der Waals surface area (Å²) >= 11 is 12.4. The molecule has 5 rings (SSSR count). The molecule has 1 amide bonds. The highest BCUT2D eigenvalue weighted by molar-refractivity contribution is 6.34. The lowest BCUT2D eigenvalue weighted by Crippen LogP contribution is -2.54. The largest absolute Gasteiger partial charge is 0.338 e. The van der Waals surface area contributed by atoms with Gasteiger partial charge in [-0.15, -0.1) is 0 Å². The fraction of sp³-hybridized carbons (Fsp3) is 0.400. The van der Waals surface area contributed by atoms with Crippen LogP contribution in [0.15, 0.2) is 35.3 Å². The molecule has 0 spiro atoms. The summed E-state index contributed by atoms with van der Waals surface area (Å²) in [6.45, 7) is 2.19. The summed E-state index contributed by atoms with van der Waals surface area (Å²) < 4.78 is 0. The topological polar surface area (TPSA) is 223 Å². The van der Waals surface area contributed by atoms with E-state index in [-0.39, 0.29) is 45.7 Å². The van der Waals surface area contributed by atoms with Crippen LogP contribution in [-0.4, -0.2) is 76.2 Å². The number of piperidine rings is 2. The highest BCUT2D eigenvalue weighted by Crippen LogP contribution is 2.29. The Morgan fingerprint density at radius 3 is 1.98 bits per heavy atom. The number of hydrogen-bond acceptors (Lipinski definition) is 12. The van der Waals surface area contributed by atoms with E-state index in [9.17, 15) is 9.59 Å². The molecule has 0 unspecified atom stereocenters. The van der Waals surface area contributed by atoms with Gasteiger partial charge < -0.3 is 48.4 Å². The van der Waals surface area contributed by atoms with Gasteiger partial charge in [0.05, 0.1) is 15.7 Å². The summed E-state index contributed by atoms with van der Waals surface area (Å²) in [5.41, 5.74) is 25.0. The number of nitrogens with one attached hydrogen (secondary N) is 3. The Labute approximate surface area is 245 Å². The number of pyridine rings is 1. The summed E-state index contributed by atoms with van der Waals surface area (Å²) in [6, 6.07) is 5.70. The smallest absolute Gasteiger partial charge is 0.261 e. The van der Waals surface area contributed by atoms with Crippen molar-refractivity contribution in [3.63, 3.8) is 0 Å². The fourth-order valence-electron chi connectivity index (χ4n) is 5.02. The van der Waals surface area contributed by atoms with Crippen molar-refractivity contribution < 1.29 is 4.79 Å². The molecule has 2 aromatic heterocycles. The number of nitrogens with two attached hydrogens (primary N) is 4. The van der Waals surface area contributed by atoms with Crippen molar-refractivity contribution in [2.75, 3.05) is 46.6 Å². The molecule has 0 radical (unpaired) electrons. The number of nitrogens with zero attached hydrogens (tertiary/aromatic N) is 5. The zero-order valence-electron chi connectivity index (χ0n) is 22.1. The predicted octanol–water partition coefficient (Wildman–Crippen LogP) is 0.592. The average Bonchev–Trinajstić information content (AvgIpc) is 2.90. The number of aromatic nitrogens is 4. The molecule has 2 aliphatic heterocycles. The van der Waals surface area contributed by atoms with Gasteiger partial charge in [-0.05, 0) is 37.1 Å². The number of carbonyl (C=O) groups is 1. The van der Waals surface area contributed by atoms with Crippen molar-refractivity contribution in [1.82, 2.24) is 19.9 Å². The minimum atomic E-state index is -0.654. The van der Waals surface area contributed by atoms with Crippen molar-refractivity contribution in [1.29, 1.82) is 0 Å². The van der Waals surface area contributed by atoms with E-state index in [2.05, 4.69) is 25.6 Å². The number of H-pyrrole nitrogens is 1. The fourth-order valence-corrected chi connectivity index (χ4v) is 5.41. The van der Waals surface area contributed by atoms with E-state index < -0.39 is 11.5 Å². The maximum absolute atomic E-state index is 12.6. The Morgan fingerprint density at radius 2 is 1.44 bits per heavy atom. The first kappa shape index (κ1) is 29.0. The van der Waals surface area contributed by atoms with Crippen LogP contribution in [0.3, 0.4) is 0 Å². The van der Waals surface area contributed by atoms with Gasteiger partial charge in [-0.2, -0.15) is 15.0 Å². The van der Waals surface area contributed by atoms with E-state index in [1.165, 1.54) is 12.3 Å². The third kappa shape index (κ3) is 7.04. The molecule has 0 saturated carbocycles. The number of anilines is 5. The second kappa shape index (κ2) is 12.1. The van der Waals surface area contributed by atoms with Crippen molar-refractivity contribution in [2.45, 2.75) is 37.0 Å². The van der Waals surface area contributed by atoms with E-state index in [4.69, 9.17) is 51.1 Å². The van der Waals surface area contributed by atoms with Gasteiger partial charge in [0.1, 0.15) is 5.56 Å². The standard InChI is InChI=1S/C25H32Cl2N12O2/c26-12-3-18(21(40)32-7-12)22(41)34-20-2-1-17(6-19(20)27)33-23-35-24(38-8-13(28)4-14(29)9-38)37-25(36-23)39-10-15(30)5-16(31)11-39/h1-3,6-7,13-16H,4-5,8-11,28-31H2,(H,32,40)(H,34,41)(H,33,35,36,37)/t13-,14+,15-,16+.